The van der Waals surface area contributed by atoms with Crippen LogP contribution < -0.4 is 5.32 Å². The summed E-state index contributed by atoms with van der Waals surface area (Å²) < 4.78 is 27.2. The fraction of sp³-hybridized carbons (Fsp3) is 0.240. The smallest absolute Gasteiger partial charge is 0.251 e. The van der Waals surface area contributed by atoms with Crippen LogP contribution in [0.3, 0.4) is 0 Å². The number of carbonyl (C=O) groups is 1. The third kappa shape index (κ3) is 5.60. The number of rotatable bonds is 9. The second-order valence-electron chi connectivity index (χ2n) is 7.29. The summed E-state index contributed by atoms with van der Waals surface area (Å²) in [5, 5.41) is 3.07. The molecule has 5 nitrogen and oxygen atoms in total. The summed E-state index contributed by atoms with van der Waals surface area (Å²) in [5.41, 5.74) is 2.44. The molecule has 0 heterocycles. The fourth-order valence-electron chi connectivity index (χ4n) is 3.42. The van der Waals surface area contributed by atoms with Crippen LogP contribution in [0.5, 0.6) is 0 Å². The number of carbonyl (C=O) groups excluding carboxylic acids is 1. The van der Waals surface area contributed by atoms with Gasteiger partial charge in [0.2, 0.25) is 10.0 Å². The van der Waals surface area contributed by atoms with Gasteiger partial charge in [-0.2, -0.15) is 4.31 Å². The Balaban J connectivity index is 1.70. The standard InChI is InChI=1S/C25H28N2O3S/c1-3-24(21-11-7-5-8-12-21)26-25(28)22-17-15-20(16-18-22)19-27(4-2)31(29,30)23-13-9-6-10-14-23/h5-18,24H,3-4,19H2,1-2H3,(H,26,28). The Labute approximate surface area is 184 Å². The molecule has 0 aliphatic heterocycles. The van der Waals surface area contributed by atoms with Gasteiger partial charge in [-0.05, 0) is 41.8 Å². The van der Waals surface area contributed by atoms with E-state index in [0.29, 0.717) is 12.1 Å². The molecule has 3 aromatic rings. The van der Waals surface area contributed by atoms with Crippen molar-refractivity contribution in [2.24, 2.45) is 0 Å². The van der Waals surface area contributed by atoms with Crippen molar-refractivity contribution in [3.8, 4) is 0 Å². The van der Waals surface area contributed by atoms with Crippen molar-refractivity contribution in [3.05, 3.63) is 102 Å². The third-order valence-electron chi connectivity index (χ3n) is 5.22. The van der Waals surface area contributed by atoms with E-state index in [-0.39, 0.29) is 23.4 Å². The molecule has 162 valence electrons. The molecular weight excluding hydrogens is 408 g/mol. The minimum Gasteiger partial charge on any atom is -0.345 e. The van der Waals surface area contributed by atoms with Gasteiger partial charge in [0, 0.05) is 18.7 Å². The summed E-state index contributed by atoms with van der Waals surface area (Å²) in [6.45, 7) is 4.45. The first-order valence-corrected chi connectivity index (χ1v) is 11.9. The summed E-state index contributed by atoms with van der Waals surface area (Å²) in [7, 11) is -3.57. The topological polar surface area (TPSA) is 66.5 Å². The van der Waals surface area contributed by atoms with E-state index in [9.17, 15) is 13.2 Å². The van der Waals surface area contributed by atoms with E-state index in [1.165, 1.54) is 4.31 Å². The maximum absolute atomic E-state index is 12.9. The van der Waals surface area contributed by atoms with E-state index >= 15 is 0 Å². The van der Waals surface area contributed by atoms with Crippen molar-refractivity contribution >= 4 is 15.9 Å². The molecule has 1 amide bonds. The average Bonchev–Trinajstić information content (AvgIpc) is 2.82. The molecule has 0 fully saturated rings. The number of hydrogen-bond donors (Lipinski definition) is 1. The molecule has 0 aromatic heterocycles. The molecule has 3 rings (SSSR count). The minimum atomic E-state index is -3.57. The molecule has 0 bridgehead atoms. The Morgan fingerprint density at radius 2 is 1.45 bits per heavy atom. The van der Waals surface area contributed by atoms with Crippen LogP contribution >= 0.6 is 0 Å². The molecule has 6 heteroatoms. The van der Waals surface area contributed by atoms with Crippen LogP contribution in [0, 0.1) is 0 Å². The van der Waals surface area contributed by atoms with Gasteiger partial charge in [0.25, 0.3) is 5.91 Å². The van der Waals surface area contributed by atoms with Crippen molar-refractivity contribution in [1.29, 1.82) is 0 Å². The highest BCUT2D eigenvalue weighted by atomic mass is 32.2. The van der Waals surface area contributed by atoms with Gasteiger partial charge >= 0.3 is 0 Å². The Kier molecular flexibility index (Phi) is 7.60. The SMILES string of the molecule is CCC(NC(=O)c1ccc(CN(CC)S(=O)(=O)c2ccccc2)cc1)c1ccccc1. The zero-order chi connectivity index (χ0) is 22.3. The molecular formula is C25H28N2O3S. The second kappa shape index (κ2) is 10.4. The quantitative estimate of drug-likeness (QED) is 0.525. The molecule has 0 saturated heterocycles. The van der Waals surface area contributed by atoms with Gasteiger partial charge in [-0.15, -0.1) is 0 Å². The second-order valence-corrected chi connectivity index (χ2v) is 9.22. The number of sulfonamides is 1. The van der Waals surface area contributed by atoms with Crippen molar-refractivity contribution in [3.63, 3.8) is 0 Å². The summed E-state index contributed by atoms with van der Waals surface area (Å²) in [4.78, 5) is 13.0. The lowest BCUT2D eigenvalue weighted by Crippen LogP contribution is -2.30. The highest BCUT2D eigenvalue weighted by Crippen LogP contribution is 2.19. The Bertz CT molecular complexity index is 1080. The predicted molar refractivity (Wildman–Crippen MR) is 123 cm³/mol. The highest BCUT2D eigenvalue weighted by Gasteiger charge is 2.23. The predicted octanol–water partition coefficient (Wildman–Crippen LogP) is 4.78. The summed E-state index contributed by atoms with van der Waals surface area (Å²) >= 11 is 0. The molecule has 0 aliphatic rings. The largest absolute Gasteiger partial charge is 0.345 e. The molecule has 1 N–H and O–H groups in total. The molecule has 31 heavy (non-hydrogen) atoms. The zero-order valence-corrected chi connectivity index (χ0v) is 18.7. The number of nitrogens with zero attached hydrogens (tertiary/aromatic N) is 1. The third-order valence-corrected chi connectivity index (χ3v) is 7.16. The van der Waals surface area contributed by atoms with Gasteiger partial charge in [-0.1, -0.05) is 74.5 Å². The van der Waals surface area contributed by atoms with Gasteiger partial charge in [0.05, 0.1) is 10.9 Å². The number of benzene rings is 3. The van der Waals surface area contributed by atoms with Crippen LogP contribution in [0.1, 0.15) is 47.8 Å². The highest BCUT2D eigenvalue weighted by molar-refractivity contribution is 7.89. The molecule has 0 spiro atoms. The van der Waals surface area contributed by atoms with Crippen LogP contribution in [0.2, 0.25) is 0 Å². The van der Waals surface area contributed by atoms with Gasteiger partial charge in [0.1, 0.15) is 0 Å². The van der Waals surface area contributed by atoms with E-state index < -0.39 is 10.0 Å². The molecule has 0 saturated carbocycles. The monoisotopic (exact) mass is 436 g/mol. The molecule has 1 unspecified atom stereocenters. The van der Waals surface area contributed by atoms with E-state index in [4.69, 9.17) is 0 Å². The van der Waals surface area contributed by atoms with Crippen molar-refractivity contribution < 1.29 is 13.2 Å². The van der Waals surface area contributed by atoms with E-state index in [2.05, 4.69) is 5.32 Å². The van der Waals surface area contributed by atoms with E-state index in [1.54, 1.807) is 42.5 Å². The van der Waals surface area contributed by atoms with Crippen LogP contribution in [-0.2, 0) is 16.6 Å². The number of hydrogen-bond acceptors (Lipinski definition) is 3. The Morgan fingerprint density at radius 1 is 0.871 bits per heavy atom. The van der Waals surface area contributed by atoms with E-state index in [0.717, 1.165) is 17.5 Å². The molecule has 1 atom stereocenters. The first-order chi connectivity index (χ1) is 15.0. The van der Waals surface area contributed by atoms with Crippen LogP contribution in [-0.4, -0.2) is 25.2 Å². The van der Waals surface area contributed by atoms with E-state index in [1.807, 2.05) is 56.3 Å². The number of amides is 1. The molecule has 0 aliphatic carbocycles. The summed E-state index contributed by atoms with van der Waals surface area (Å²) in [6.07, 6.45) is 0.788. The Hall–Kier alpha value is -2.96. The fourth-order valence-corrected chi connectivity index (χ4v) is 4.88. The lowest BCUT2D eigenvalue weighted by atomic mass is 10.0. The van der Waals surface area contributed by atoms with Crippen molar-refractivity contribution in [2.75, 3.05) is 6.54 Å². The first kappa shape index (κ1) is 22.7. The van der Waals surface area contributed by atoms with Crippen LogP contribution in [0.4, 0.5) is 0 Å². The van der Waals surface area contributed by atoms with Gasteiger partial charge < -0.3 is 5.32 Å². The van der Waals surface area contributed by atoms with Crippen LogP contribution in [0.15, 0.2) is 89.8 Å². The van der Waals surface area contributed by atoms with Gasteiger partial charge in [-0.25, -0.2) is 8.42 Å². The normalized spacial score (nSPS) is 12.5. The van der Waals surface area contributed by atoms with Crippen molar-refractivity contribution in [2.45, 2.75) is 37.8 Å². The maximum Gasteiger partial charge on any atom is 0.251 e. The average molecular weight is 437 g/mol. The first-order valence-electron chi connectivity index (χ1n) is 10.5. The minimum absolute atomic E-state index is 0.0556. The molecule has 3 aromatic carbocycles. The van der Waals surface area contributed by atoms with Crippen molar-refractivity contribution in [1.82, 2.24) is 9.62 Å². The summed E-state index contributed by atoms with van der Waals surface area (Å²) in [5.74, 6) is -0.147. The maximum atomic E-state index is 12.9. The molecule has 0 radical (unpaired) electrons. The summed E-state index contributed by atoms with van der Waals surface area (Å²) in [6, 6.07) is 25.3. The zero-order valence-electron chi connectivity index (χ0n) is 17.9. The van der Waals surface area contributed by atoms with Gasteiger partial charge in [0.15, 0.2) is 0 Å². The Morgan fingerprint density at radius 3 is 2.00 bits per heavy atom. The van der Waals surface area contributed by atoms with Gasteiger partial charge in [-0.3, -0.25) is 4.79 Å². The number of nitrogens with one attached hydrogen (secondary N) is 1. The van der Waals surface area contributed by atoms with Crippen LogP contribution in [0.25, 0.3) is 0 Å². The lowest BCUT2D eigenvalue weighted by molar-refractivity contribution is 0.0935. The lowest BCUT2D eigenvalue weighted by Gasteiger charge is -2.21.